The number of carbonyl (C=O) groups excluding carboxylic acids is 1. The van der Waals surface area contributed by atoms with Gasteiger partial charge < -0.3 is 5.32 Å². The first-order valence-corrected chi connectivity index (χ1v) is 8.15. The normalized spacial score (nSPS) is 11.3. The van der Waals surface area contributed by atoms with Gasteiger partial charge in [-0.05, 0) is 43.7 Å². The smallest absolute Gasteiger partial charge is 0.265 e. The number of carbonyl (C=O) groups is 1. The van der Waals surface area contributed by atoms with Gasteiger partial charge in [0.1, 0.15) is 0 Å². The van der Waals surface area contributed by atoms with Crippen LogP contribution in [0.25, 0.3) is 0 Å². The van der Waals surface area contributed by atoms with Gasteiger partial charge in [0.15, 0.2) is 0 Å². The summed E-state index contributed by atoms with van der Waals surface area (Å²) in [7, 11) is -3.78. The van der Waals surface area contributed by atoms with E-state index in [1.165, 1.54) is 29.5 Å². The van der Waals surface area contributed by atoms with E-state index in [1.807, 2.05) is 13.8 Å². The molecule has 0 aliphatic carbocycles. The lowest BCUT2D eigenvalue weighted by molar-refractivity contribution is 0.103. The molecule has 0 radical (unpaired) electrons. The number of rotatable bonds is 3. The van der Waals surface area contributed by atoms with Crippen molar-refractivity contribution in [3.8, 4) is 0 Å². The fourth-order valence-electron chi connectivity index (χ4n) is 1.63. The van der Waals surface area contributed by atoms with Crippen LogP contribution >= 0.6 is 11.3 Å². The Morgan fingerprint density at radius 1 is 1.25 bits per heavy atom. The van der Waals surface area contributed by atoms with Crippen molar-refractivity contribution in [1.82, 2.24) is 0 Å². The Bertz CT molecular complexity index is 744. The minimum atomic E-state index is -3.78. The fraction of sp³-hybridized carbons (Fsp3) is 0.154. The van der Waals surface area contributed by atoms with Crippen LogP contribution in [0.5, 0.6) is 0 Å². The number of hydrogen-bond acceptors (Lipinski definition) is 4. The van der Waals surface area contributed by atoms with Crippen LogP contribution in [0.15, 0.2) is 35.2 Å². The Morgan fingerprint density at radius 2 is 1.95 bits per heavy atom. The number of thiophene rings is 1. The molecule has 1 amide bonds. The molecular weight excluding hydrogens is 296 g/mol. The van der Waals surface area contributed by atoms with Gasteiger partial charge in [-0.1, -0.05) is 6.07 Å². The number of amides is 1. The predicted molar refractivity (Wildman–Crippen MR) is 79.6 cm³/mol. The zero-order valence-corrected chi connectivity index (χ0v) is 12.6. The number of hydrogen-bond donors (Lipinski definition) is 2. The van der Waals surface area contributed by atoms with Gasteiger partial charge in [0.2, 0.25) is 10.0 Å². The van der Waals surface area contributed by atoms with Crippen LogP contribution in [0.2, 0.25) is 0 Å². The van der Waals surface area contributed by atoms with E-state index in [-0.39, 0.29) is 10.8 Å². The van der Waals surface area contributed by atoms with Crippen molar-refractivity contribution >= 4 is 33.0 Å². The van der Waals surface area contributed by atoms with Gasteiger partial charge in [0.25, 0.3) is 5.91 Å². The van der Waals surface area contributed by atoms with Crippen LogP contribution < -0.4 is 10.5 Å². The second kappa shape index (κ2) is 5.35. The fourth-order valence-corrected chi connectivity index (χ4v) is 3.12. The molecule has 20 heavy (non-hydrogen) atoms. The third-order valence-electron chi connectivity index (χ3n) is 2.81. The molecule has 2 rings (SSSR count). The maximum Gasteiger partial charge on any atom is 0.265 e. The molecule has 0 unspecified atom stereocenters. The lowest BCUT2D eigenvalue weighted by Gasteiger charge is -2.05. The molecule has 2 aromatic rings. The zero-order chi connectivity index (χ0) is 14.9. The summed E-state index contributed by atoms with van der Waals surface area (Å²) in [6.07, 6.45) is 0. The van der Waals surface area contributed by atoms with E-state index in [2.05, 4.69) is 5.32 Å². The van der Waals surface area contributed by atoms with Gasteiger partial charge in [-0.2, -0.15) is 0 Å². The standard InChI is InChI=1S/C13H14N2O3S2/c1-8-6-12(19-9(8)2)13(16)15-10-4-3-5-11(7-10)20(14,17)18/h3-7H,1-2H3,(H,15,16)(H2,14,17,18). The monoisotopic (exact) mass is 310 g/mol. The summed E-state index contributed by atoms with van der Waals surface area (Å²) in [6.45, 7) is 3.88. The Balaban J connectivity index is 2.24. The van der Waals surface area contributed by atoms with Crippen molar-refractivity contribution in [3.63, 3.8) is 0 Å². The van der Waals surface area contributed by atoms with Crippen molar-refractivity contribution in [1.29, 1.82) is 0 Å². The van der Waals surface area contributed by atoms with Crippen molar-refractivity contribution in [2.45, 2.75) is 18.7 Å². The number of benzene rings is 1. The zero-order valence-electron chi connectivity index (χ0n) is 11.0. The Hall–Kier alpha value is -1.70. The first-order chi connectivity index (χ1) is 9.27. The van der Waals surface area contributed by atoms with E-state index >= 15 is 0 Å². The number of aryl methyl sites for hydroxylation is 2. The van der Waals surface area contributed by atoms with Gasteiger partial charge in [-0.3, -0.25) is 4.79 Å². The minimum absolute atomic E-state index is 0.0335. The topological polar surface area (TPSA) is 89.3 Å². The predicted octanol–water partition coefficient (Wildman–Crippen LogP) is 2.26. The van der Waals surface area contributed by atoms with Crippen LogP contribution in [-0.2, 0) is 10.0 Å². The summed E-state index contributed by atoms with van der Waals surface area (Å²) >= 11 is 1.40. The summed E-state index contributed by atoms with van der Waals surface area (Å²) < 4.78 is 22.5. The van der Waals surface area contributed by atoms with E-state index < -0.39 is 10.0 Å². The maximum atomic E-state index is 12.1. The van der Waals surface area contributed by atoms with E-state index in [9.17, 15) is 13.2 Å². The molecule has 0 atom stereocenters. The van der Waals surface area contributed by atoms with Crippen LogP contribution in [-0.4, -0.2) is 14.3 Å². The third-order valence-corrected chi connectivity index (χ3v) is 4.87. The highest BCUT2D eigenvalue weighted by atomic mass is 32.2. The summed E-state index contributed by atoms with van der Waals surface area (Å²) in [5.74, 6) is -0.266. The van der Waals surface area contributed by atoms with Crippen LogP contribution in [0.3, 0.4) is 0 Å². The molecule has 0 aliphatic heterocycles. The van der Waals surface area contributed by atoms with Gasteiger partial charge in [0, 0.05) is 10.6 Å². The van der Waals surface area contributed by atoms with Crippen LogP contribution in [0.4, 0.5) is 5.69 Å². The van der Waals surface area contributed by atoms with Crippen molar-refractivity contribution < 1.29 is 13.2 Å². The molecule has 0 spiro atoms. The Kier molecular flexibility index (Phi) is 3.94. The third kappa shape index (κ3) is 3.24. The maximum absolute atomic E-state index is 12.1. The lowest BCUT2D eigenvalue weighted by Crippen LogP contribution is -2.14. The molecule has 0 bridgehead atoms. The number of primary sulfonamides is 1. The molecule has 3 N–H and O–H groups in total. The molecular formula is C13H14N2O3S2. The van der Waals surface area contributed by atoms with E-state index in [4.69, 9.17) is 5.14 Å². The molecule has 0 fully saturated rings. The molecule has 5 nitrogen and oxygen atoms in total. The average molecular weight is 310 g/mol. The van der Waals surface area contributed by atoms with Gasteiger partial charge in [-0.25, -0.2) is 13.6 Å². The molecule has 1 heterocycles. The molecule has 0 aliphatic rings. The highest BCUT2D eigenvalue weighted by molar-refractivity contribution is 7.89. The van der Waals surface area contributed by atoms with Crippen molar-refractivity contribution in [2.24, 2.45) is 5.14 Å². The number of anilines is 1. The van der Waals surface area contributed by atoms with Gasteiger partial charge >= 0.3 is 0 Å². The highest BCUT2D eigenvalue weighted by Gasteiger charge is 2.12. The number of nitrogens with one attached hydrogen (secondary N) is 1. The largest absolute Gasteiger partial charge is 0.321 e. The SMILES string of the molecule is Cc1cc(C(=O)Nc2cccc(S(N)(=O)=O)c2)sc1C. The van der Waals surface area contributed by atoms with E-state index in [0.29, 0.717) is 10.6 Å². The van der Waals surface area contributed by atoms with Gasteiger partial charge in [0.05, 0.1) is 9.77 Å². The average Bonchev–Trinajstić information content (AvgIpc) is 2.69. The summed E-state index contributed by atoms with van der Waals surface area (Å²) in [5, 5.41) is 7.72. The number of nitrogens with two attached hydrogens (primary N) is 1. The van der Waals surface area contributed by atoms with E-state index in [0.717, 1.165) is 10.4 Å². The molecule has 1 aromatic heterocycles. The van der Waals surface area contributed by atoms with E-state index in [1.54, 1.807) is 12.1 Å². The number of sulfonamides is 1. The Morgan fingerprint density at radius 3 is 2.50 bits per heavy atom. The van der Waals surface area contributed by atoms with Crippen molar-refractivity contribution in [3.05, 3.63) is 45.6 Å². The molecule has 7 heteroatoms. The minimum Gasteiger partial charge on any atom is -0.321 e. The lowest BCUT2D eigenvalue weighted by atomic mass is 10.2. The second-order valence-electron chi connectivity index (χ2n) is 4.38. The highest BCUT2D eigenvalue weighted by Crippen LogP contribution is 2.22. The van der Waals surface area contributed by atoms with Gasteiger partial charge in [-0.15, -0.1) is 11.3 Å². The second-order valence-corrected chi connectivity index (χ2v) is 7.19. The van der Waals surface area contributed by atoms with Crippen molar-refractivity contribution in [2.75, 3.05) is 5.32 Å². The molecule has 106 valence electrons. The molecule has 1 aromatic carbocycles. The summed E-state index contributed by atoms with van der Waals surface area (Å²) in [5.41, 5.74) is 1.45. The summed E-state index contributed by atoms with van der Waals surface area (Å²) in [4.78, 5) is 13.7. The quantitative estimate of drug-likeness (QED) is 0.911. The van der Waals surface area contributed by atoms with Crippen LogP contribution in [0.1, 0.15) is 20.1 Å². The first-order valence-electron chi connectivity index (χ1n) is 5.78. The van der Waals surface area contributed by atoms with Crippen LogP contribution in [0, 0.1) is 13.8 Å². The summed E-state index contributed by atoms with van der Waals surface area (Å²) in [6, 6.07) is 7.66. The first kappa shape index (κ1) is 14.7. The molecule has 0 saturated carbocycles. The Labute approximate surface area is 121 Å². The molecule has 0 saturated heterocycles.